The van der Waals surface area contributed by atoms with Crippen molar-refractivity contribution >= 4 is 17.5 Å². The third kappa shape index (κ3) is 3.44. The topological polar surface area (TPSA) is 32.3 Å². The first-order valence-electron chi connectivity index (χ1n) is 8.97. The van der Waals surface area contributed by atoms with Crippen LogP contribution >= 0.6 is 11.6 Å². The van der Waals surface area contributed by atoms with Crippen LogP contribution in [0.5, 0.6) is 0 Å². The molecule has 130 valence electrons. The summed E-state index contributed by atoms with van der Waals surface area (Å²) in [6, 6.07) is 16.5. The van der Waals surface area contributed by atoms with Gasteiger partial charge in [0, 0.05) is 24.7 Å². The third-order valence-corrected chi connectivity index (χ3v) is 5.80. The average molecular weight is 355 g/mol. The molecule has 4 heteroatoms. The standard InChI is InChI=1S/C21H23ClN2O/c22-19-8-6-16(7-9-19)14-24-11-3-10-21(15-24)12-17-4-1-2-5-18(17)13-23-20(21)25/h1-2,4-9H,3,10-15H2,(H,23,25). The van der Waals surface area contributed by atoms with E-state index in [0.717, 1.165) is 43.9 Å². The number of rotatable bonds is 2. The molecule has 3 nitrogen and oxygen atoms in total. The van der Waals surface area contributed by atoms with Crippen molar-refractivity contribution in [3.63, 3.8) is 0 Å². The van der Waals surface area contributed by atoms with Crippen LogP contribution in [0.25, 0.3) is 0 Å². The number of hydrogen-bond donors (Lipinski definition) is 1. The molecule has 2 aliphatic heterocycles. The largest absolute Gasteiger partial charge is 0.351 e. The van der Waals surface area contributed by atoms with Crippen molar-refractivity contribution in [2.24, 2.45) is 5.41 Å². The second kappa shape index (κ2) is 6.81. The van der Waals surface area contributed by atoms with Crippen LogP contribution in [0.1, 0.15) is 29.5 Å². The third-order valence-electron chi connectivity index (χ3n) is 5.54. The van der Waals surface area contributed by atoms with Gasteiger partial charge >= 0.3 is 0 Å². The molecule has 4 rings (SSSR count). The van der Waals surface area contributed by atoms with E-state index in [1.165, 1.54) is 16.7 Å². The number of carbonyl (C=O) groups is 1. The Labute approximate surface area is 154 Å². The normalized spacial score (nSPS) is 23.8. The molecule has 2 heterocycles. The fourth-order valence-corrected chi connectivity index (χ4v) is 4.38. The quantitative estimate of drug-likeness (QED) is 0.889. The monoisotopic (exact) mass is 354 g/mol. The maximum atomic E-state index is 12.9. The Morgan fingerprint density at radius 1 is 1.08 bits per heavy atom. The van der Waals surface area contributed by atoms with E-state index in [4.69, 9.17) is 11.6 Å². The van der Waals surface area contributed by atoms with Gasteiger partial charge in [-0.1, -0.05) is 48.0 Å². The molecule has 0 saturated carbocycles. The zero-order valence-corrected chi connectivity index (χ0v) is 15.1. The summed E-state index contributed by atoms with van der Waals surface area (Å²) in [6.45, 7) is 3.37. The van der Waals surface area contributed by atoms with Crippen LogP contribution in [-0.4, -0.2) is 23.9 Å². The fourth-order valence-electron chi connectivity index (χ4n) is 4.25. The van der Waals surface area contributed by atoms with E-state index < -0.39 is 0 Å². The Bertz CT molecular complexity index is 774. The Balaban J connectivity index is 1.56. The summed E-state index contributed by atoms with van der Waals surface area (Å²) in [6.07, 6.45) is 2.86. The van der Waals surface area contributed by atoms with Crippen LogP contribution < -0.4 is 5.32 Å². The SMILES string of the molecule is O=C1NCc2ccccc2CC12CCCN(Cc1ccc(Cl)cc1)C2. The number of likely N-dealkylation sites (tertiary alicyclic amines) is 1. The van der Waals surface area contributed by atoms with Crippen molar-refractivity contribution in [2.75, 3.05) is 13.1 Å². The molecule has 2 aliphatic rings. The van der Waals surface area contributed by atoms with Crippen molar-refractivity contribution in [1.29, 1.82) is 0 Å². The Morgan fingerprint density at radius 3 is 2.64 bits per heavy atom. The predicted molar refractivity (Wildman–Crippen MR) is 100 cm³/mol. The lowest BCUT2D eigenvalue weighted by Crippen LogP contribution is -2.51. The van der Waals surface area contributed by atoms with Crippen LogP contribution in [0.15, 0.2) is 48.5 Å². The summed E-state index contributed by atoms with van der Waals surface area (Å²) in [5.41, 5.74) is 3.50. The van der Waals surface area contributed by atoms with Crippen molar-refractivity contribution < 1.29 is 4.79 Å². The van der Waals surface area contributed by atoms with Gasteiger partial charge in [-0.05, 0) is 54.6 Å². The van der Waals surface area contributed by atoms with Crippen LogP contribution in [0, 0.1) is 5.41 Å². The van der Waals surface area contributed by atoms with Gasteiger partial charge in [-0.3, -0.25) is 9.69 Å². The van der Waals surface area contributed by atoms with Gasteiger partial charge in [-0.2, -0.15) is 0 Å². The van der Waals surface area contributed by atoms with Gasteiger partial charge in [0.15, 0.2) is 0 Å². The molecule has 0 aliphatic carbocycles. The smallest absolute Gasteiger partial charge is 0.228 e. The molecule has 1 unspecified atom stereocenters. The average Bonchev–Trinajstić information content (AvgIpc) is 2.75. The molecule has 2 aromatic rings. The molecular weight excluding hydrogens is 332 g/mol. The maximum Gasteiger partial charge on any atom is 0.228 e. The van der Waals surface area contributed by atoms with Crippen molar-refractivity contribution in [1.82, 2.24) is 10.2 Å². The summed E-state index contributed by atoms with van der Waals surface area (Å²) in [7, 11) is 0. The minimum atomic E-state index is -0.308. The van der Waals surface area contributed by atoms with E-state index in [9.17, 15) is 4.79 Å². The molecule has 1 saturated heterocycles. The predicted octanol–water partition coefficient (Wildman–Crippen LogP) is 3.79. The van der Waals surface area contributed by atoms with Gasteiger partial charge in [0.05, 0.1) is 5.41 Å². The first kappa shape index (κ1) is 16.6. The summed E-state index contributed by atoms with van der Waals surface area (Å²) < 4.78 is 0. The molecule has 1 N–H and O–H groups in total. The van der Waals surface area contributed by atoms with Gasteiger partial charge in [0.1, 0.15) is 0 Å². The lowest BCUT2D eigenvalue weighted by Gasteiger charge is -2.41. The second-order valence-electron chi connectivity index (χ2n) is 7.35. The molecule has 25 heavy (non-hydrogen) atoms. The lowest BCUT2D eigenvalue weighted by atomic mass is 9.74. The number of hydrogen-bond acceptors (Lipinski definition) is 2. The molecule has 1 fully saturated rings. The number of piperidine rings is 1. The van der Waals surface area contributed by atoms with Crippen molar-refractivity contribution in [3.05, 3.63) is 70.2 Å². The minimum Gasteiger partial charge on any atom is -0.351 e. The van der Waals surface area contributed by atoms with Crippen LogP contribution in [-0.2, 0) is 24.3 Å². The van der Waals surface area contributed by atoms with Gasteiger partial charge in [0.25, 0.3) is 0 Å². The first-order chi connectivity index (χ1) is 12.1. The Kier molecular flexibility index (Phi) is 4.53. The summed E-state index contributed by atoms with van der Waals surface area (Å²) >= 11 is 5.99. The van der Waals surface area contributed by atoms with Gasteiger partial charge in [0.2, 0.25) is 5.91 Å². The van der Waals surface area contributed by atoms with Gasteiger partial charge in [-0.15, -0.1) is 0 Å². The summed E-state index contributed by atoms with van der Waals surface area (Å²) in [5, 5.41) is 3.93. The Morgan fingerprint density at radius 2 is 1.84 bits per heavy atom. The fraction of sp³-hybridized carbons (Fsp3) is 0.381. The maximum absolute atomic E-state index is 12.9. The number of fused-ring (bicyclic) bond motifs is 1. The zero-order valence-electron chi connectivity index (χ0n) is 14.3. The minimum absolute atomic E-state index is 0.213. The second-order valence-corrected chi connectivity index (χ2v) is 7.79. The van der Waals surface area contributed by atoms with E-state index in [-0.39, 0.29) is 11.3 Å². The number of carbonyl (C=O) groups excluding carboxylic acids is 1. The van der Waals surface area contributed by atoms with Gasteiger partial charge < -0.3 is 5.32 Å². The van der Waals surface area contributed by atoms with E-state index in [2.05, 4.69) is 46.6 Å². The molecule has 1 amide bonds. The molecule has 2 aromatic carbocycles. The summed E-state index contributed by atoms with van der Waals surface area (Å²) in [4.78, 5) is 15.4. The van der Waals surface area contributed by atoms with Crippen molar-refractivity contribution in [2.45, 2.75) is 32.4 Å². The van der Waals surface area contributed by atoms with E-state index >= 15 is 0 Å². The highest BCUT2D eigenvalue weighted by molar-refractivity contribution is 6.30. The van der Waals surface area contributed by atoms with E-state index in [1.807, 2.05) is 12.1 Å². The van der Waals surface area contributed by atoms with Crippen LogP contribution in [0.4, 0.5) is 0 Å². The van der Waals surface area contributed by atoms with Gasteiger partial charge in [-0.25, -0.2) is 0 Å². The highest BCUT2D eigenvalue weighted by Crippen LogP contribution is 2.37. The van der Waals surface area contributed by atoms with E-state index in [1.54, 1.807) is 0 Å². The molecule has 0 radical (unpaired) electrons. The number of benzene rings is 2. The first-order valence-corrected chi connectivity index (χ1v) is 9.34. The Hall–Kier alpha value is -1.84. The highest BCUT2D eigenvalue weighted by atomic mass is 35.5. The molecule has 1 atom stereocenters. The molecular formula is C21H23ClN2O. The van der Waals surface area contributed by atoms with E-state index in [0.29, 0.717) is 6.54 Å². The zero-order chi connectivity index (χ0) is 17.3. The van der Waals surface area contributed by atoms with Crippen molar-refractivity contribution in [3.8, 4) is 0 Å². The highest BCUT2D eigenvalue weighted by Gasteiger charge is 2.43. The van der Waals surface area contributed by atoms with Crippen LogP contribution in [0.2, 0.25) is 5.02 Å². The number of nitrogens with zero attached hydrogens (tertiary/aromatic N) is 1. The summed E-state index contributed by atoms with van der Waals surface area (Å²) in [5.74, 6) is 0.213. The molecule has 0 bridgehead atoms. The molecule has 0 aromatic heterocycles. The number of halogens is 1. The molecule has 1 spiro atoms. The lowest BCUT2D eigenvalue weighted by molar-refractivity contribution is -0.134. The number of amides is 1. The number of nitrogens with one attached hydrogen (secondary N) is 1. The van der Waals surface area contributed by atoms with Crippen LogP contribution in [0.3, 0.4) is 0 Å².